The van der Waals surface area contributed by atoms with Gasteiger partial charge in [-0.2, -0.15) is 0 Å². The highest BCUT2D eigenvalue weighted by molar-refractivity contribution is 5.64. The van der Waals surface area contributed by atoms with Gasteiger partial charge in [0.15, 0.2) is 0 Å². The Balaban J connectivity index is 2.81. The van der Waals surface area contributed by atoms with Crippen LogP contribution in [0, 0.1) is 24.0 Å². The zero-order valence-electron chi connectivity index (χ0n) is 10.2. The zero-order chi connectivity index (χ0) is 12.8. The van der Waals surface area contributed by atoms with E-state index < -0.39 is 0 Å². The number of nitrogens with zero attached hydrogens (tertiary/aromatic N) is 1. The summed E-state index contributed by atoms with van der Waals surface area (Å²) in [5.41, 5.74) is 2.60. The molecule has 1 aromatic carbocycles. The third-order valence-corrected chi connectivity index (χ3v) is 2.71. The third-order valence-electron chi connectivity index (χ3n) is 2.71. The molecule has 0 spiro atoms. The molecule has 0 heterocycles. The van der Waals surface area contributed by atoms with Crippen molar-refractivity contribution in [2.75, 3.05) is 18.5 Å². The normalized spacial score (nSPS) is 10.3. The maximum Gasteiger partial charge on any atom is 0.292 e. The van der Waals surface area contributed by atoms with Gasteiger partial charge in [-0.1, -0.05) is 0 Å². The Bertz CT molecular complexity index is 405. The van der Waals surface area contributed by atoms with Crippen molar-refractivity contribution < 1.29 is 10.0 Å². The molecule has 2 N–H and O–H groups in total. The summed E-state index contributed by atoms with van der Waals surface area (Å²) < 4.78 is 0. The van der Waals surface area contributed by atoms with Gasteiger partial charge in [-0.3, -0.25) is 10.1 Å². The van der Waals surface area contributed by atoms with Gasteiger partial charge in [-0.25, -0.2) is 0 Å². The second-order valence-corrected chi connectivity index (χ2v) is 4.07. The summed E-state index contributed by atoms with van der Waals surface area (Å²) in [6, 6.07) is 3.39. The molecule has 1 aromatic rings. The molecule has 0 atom stereocenters. The van der Waals surface area contributed by atoms with Crippen molar-refractivity contribution in [3.63, 3.8) is 0 Å². The monoisotopic (exact) mass is 238 g/mol. The van der Waals surface area contributed by atoms with E-state index in [4.69, 9.17) is 5.11 Å². The van der Waals surface area contributed by atoms with Crippen molar-refractivity contribution in [1.82, 2.24) is 0 Å². The van der Waals surface area contributed by atoms with Crippen molar-refractivity contribution in [3.05, 3.63) is 33.4 Å². The van der Waals surface area contributed by atoms with Crippen LogP contribution in [0.5, 0.6) is 0 Å². The molecule has 0 bridgehead atoms. The average molecular weight is 238 g/mol. The van der Waals surface area contributed by atoms with Crippen LogP contribution in [0.25, 0.3) is 0 Å². The highest BCUT2D eigenvalue weighted by Gasteiger charge is 2.14. The van der Waals surface area contributed by atoms with Crippen molar-refractivity contribution in [2.45, 2.75) is 26.7 Å². The summed E-state index contributed by atoms with van der Waals surface area (Å²) in [7, 11) is 0. The van der Waals surface area contributed by atoms with Gasteiger partial charge in [0.2, 0.25) is 0 Å². The van der Waals surface area contributed by atoms with Crippen molar-refractivity contribution >= 4 is 11.4 Å². The summed E-state index contributed by atoms with van der Waals surface area (Å²) in [5, 5.41) is 22.6. The zero-order valence-corrected chi connectivity index (χ0v) is 10.2. The van der Waals surface area contributed by atoms with Crippen molar-refractivity contribution in [1.29, 1.82) is 0 Å². The van der Waals surface area contributed by atoms with E-state index in [1.54, 1.807) is 12.1 Å². The van der Waals surface area contributed by atoms with Crippen LogP contribution in [-0.4, -0.2) is 23.2 Å². The standard InChI is InChI=1S/C12H18N2O3/c1-9-7-11(13-5-3-4-6-15)12(14(16)17)8-10(9)2/h7-8,13,15H,3-6H2,1-2H3. The average Bonchev–Trinajstić information content (AvgIpc) is 2.28. The van der Waals surface area contributed by atoms with Crippen LogP contribution >= 0.6 is 0 Å². The first-order chi connectivity index (χ1) is 8.06. The van der Waals surface area contributed by atoms with Crippen LogP contribution in [0.4, 0.5) is 11.4 Å². The molecule has 17 heavy (non-hydrogen) atoms. The predicted molar refractivity (Wildman–Crippen MR) is 67.4 cm³/mol. The fraction of sp³-hybridized carbons (Fsp3) is 0.500. The molecule has 0 amide bonds. The van der Waals surface area contributed by atoms with Gasteiger partial charge in [0, 0.05) is 19.2 Å². The maximum absolute atomic E-state index is 10.9. The largest absolute Gasteiger partial charge is 0.396 e. The second-order valence-electron chi connectivity index (χ2n) is 4.07. The van der Waals surface area contributed by atoms with Gasteiger partial charge >= 0.3 is 0 Å². The van der Waals surface area contributed by atoms with E-state index in [2.05, 4.69) is 5.32 Å². The minimum Gasteiger partial charge on any atom is -0.396 e. The highest BCUT2D eigenvalue weighted by atomic mass is 16.6. The molecule has 0 saturated heterocycles. The Hall–Kier alpha value is -1.62. The van der Waals surface area contributed by atoms with Crippen LogP contribution in [0.3, 0.4) is 0 Å². The molecule has 94 valence electrons. The number of anilines is 1. The Kier molecular flexibility index (Phi) is 4.90. The molecule has 0 fully saturated rings. The third kappa shape index (κ3) is 3.71. The lowest BCUT2D eigenvalue weighted by Gasteiger charge is -2.09. The highest BCUT2D eigenvalue weighted by Crippen LogP contribution is 2.27. The number of rotatable bonds is 6. The fourth-order valence-electron chi connectivity index (χ4n) is 1.55. The van der Waals surface area contributed by atoms with E-state index in [1.165, 1.54) is 0 Å². The van der Waals surface area contributed by atoms with Gasteiger partial charge in [-0.05, 0) is 43.9 Å². The van der Waals surface area contributed by atoms with Crippen LogP contribution in [0.1, 0.15) is 24.0 Å². The Morgan fingerprint density at radius 1 is 1.29 bits per heavy atom. The van der Waals surface area contributed by atoms with Gasteiger partial charge in [0.25, 0.3) is 5.69 Å². The van der Waals surface area contributed by atoms with E-state index >= 15 is 0 Å². The first-order valence-corrected chi connectivity index (χ1v) is 5.66. The quantitative estimate of drug-likeness (QED) is 0.453. The molecule has 5 nitrogen and oxygen atoms in total. The molecule has 0 unspecified atom stereocenters. The fourth-order valence-corrected chi connectivity index (χ4v) is 1.55. The van der Waals surface area contributed by atoms with Gasteiger partial charge in [0.1, 0.15) is 5.69 Å². The number of nitrogens with one attached hydrogen (secondary N) is 1. The van der Waals surface area contributed by atoms with E-state index in [0.29, 0.717) is 18.7 Å². The number of nitro benzene ring substituents is 1. The molecule has 0 radical (unpaired) electrons. The molecule has 1 rings (SSSR count). The molecule has 0 aliphatic carbocycles. The number of benzene rings is 1. The van der Waals surface area contributed by atoms with Crippen LogP contribution in [-0.2, 0) is 0 Å². The lowest BCUT2D eigenvalue weighted by molar-refractivity contribution is -0.384. The first-order valence-electron chi connectivity index (χ1n) is 5.66. The Labute approximate surface area is 101 Å². The SMILES string of the molecule is Cc1cc(NCCCCO)c([N+](=O)[O-])cc1C. The van der Waals surface area contributed by atoms with Crippen molar-refractivity contribution in [2.24, 2.45) is 0 Å². The molecule has 0 saturated carbocycles. The van der Waals surface area contributed by atoms with Crippen LogP contribution < -0.4 is 5.32 Å². The number of unbranched alkanes of at least 4 members (excludes halogenated alkanes) is 1. The van der Waals surface area contributed by atoms with Crippen LogP contribution in [0.2, 0.25) is 0 Å². The Morgan fingerprint density at radius 2 is 1.94 bits per heavy atom. The number of nitro groups is 1. The number of aliphatic hydroxyl groups is 1. The Morgan fingerprint density at radius 3 is 2.53 bits per heavy atom. The van der Waals surface area contributed by atoms with E-state index in [9.17, 15) is 10.1 Å². The lowest BCUT2D eigenvalue weighted by Crippen LogP contribution is -2.05. The molecular formula is C12H18N2O3. The number of aliphatic hydroxyl groups excluding tert-OH is 1. The van der Waals surface area contributed by atoms with Gasteiger partial charge < -0.3 is 10.4 Å². The topological polar surface area (TPSA) is 75.4 Å². The predicted octanol–water partition coefficient (Wildman–Crippen LogP) is 2.40. The molecule has 0 aliphatic rings. The maximum atomic E-state index is 10.9. The first kappa shape index (κ1) is 13.4. The van der Waals surface area contributed by atoms with Crippen molar-refractivity contribution in [3.8, 4) is 0 Å². The van der Waals surface area contributed by atoms with E-state index in [-0.39, 0.29) is 17.2 Å². The van der Waals surface area contributed by atoms with Gasteiger partial charge in [-0.15, -0.1) is 0 Å². The molecule has 0 aliphatic heterocycles. The summed E-state index contributed by atoms with van der Waals surface area (Å²) in [6.45, 7) is 4.57. The molecule has 5 heteroatoms. The molecule has 0 aromatic heterocycles. The minimum absolute atomic E-state index is 0.108. The summed E-state index contributed by atoms with van der Waals surface area (Å²) >= 11 is 0. The van der Waals surface area contributed by atoms with E-state index in [1.807, 2.05) is 13.8 Å². The van der Waals surface area contributed by atoms with Gasteiger partial charge in [0.05, 0.1) is 4.92 Å². The number of aryl methyl sites for hydroxylation is 2. The molecular weight excluding hydrogens is 220 g/mol. The number of hydrogen-bond donors (Lipinski definition) is 2. The summed E-state index contributed by atoms with van der Waals surface area (Å²) in [5.74, 6) is 0. The van der Waals surface area contributed by atoms with Crippen LogP contribution in [0.15, 0.2) is 12.1 Å². The smallest absolute Gasteiger partial charge is 0.292 e. The minimum atomic E-state index is -0.374. The second kappa shape index (κ2) is 6.20. The summed E-state index contributed by atoms with van der Waals surface area (Å²) in [6.07, 6.45) is 1.49. The summed E-state index contributed by atoms with van der Waals surface area (Å²) in [4.78, 5) is 10.5. The lowest BCUT2D eigenvalue weighted by atomic mass is 10.1. The number of hydrogen-bond acceptors (Lipinski definition) is 4. The van der Waals surface area contributed by atoms with E-state index in [0.717, 1.165) is 17.5 Å².